The number of aromatic nitrogens is 4. The molecule has 0 aliphatic heterocycles. The third-order valence-electron chi connectivity index (χ3n) is 2.51. The van der Waals surface area contributed by atoms with E-state index in [0.29, 0.717) is 6.04 Å². The number of nitrogens with one attached hydrogen (secondary N) is 1. The smallest absolute Gasteiger partial charge is 0.165 e. The predicted octanol–water partition coefficient (Wildman–Crippen LogP) is 2.18. The first-order valence-electron chi connectivity index (χ1n) is 5.64. The average molecular weight is 251 g/mol. The van der Waals surface area contributed by atoms with Gasteiger partial charge in [-0.1, -0.05) is 0 Å². The molecule has 0 unspecified atom stereocenters. The summed E-state index contributed by atoms with van der Waals surface area (Å²) in [6.07, 6.45) is 5.50. The normalized spacial score (nSPS) is 11.3. The largest absolute Gasteiger partial charge is 0.367 e. The van der Waals surface area contributed by atoms with Crippen LogP contribution in [0, 0.1) is 0 Å². The third-order valence-corrected chi connectivity index (χ3v) is 3.13. The van der Waals surface area contributed by atoms with Crippen LogP contribution in [0.4, 0.5) is 5.82 Å². The zero-order chi connectivity index (χ0) is 12.3. The zero-order valence-electron chi connectivity index (χ0n) is 10.3. The Bertz CT molecular complexity index is 494. The Morgan fingerprint density at radius 2 is 2.18 bits per heavy atom. The van der Waals surface area contributed by atoms with Gasteiger partial charge >= 0.3 is 0 Å². The molecule has 0 atom stereocenters. The van der Waals surface area contributed by atoms with E-state index in [0.717, 1.165) is 29.3 Å². The van der Waals surface area contributed by atoms with Crippen molar-refractivity contribution in [1.82, 2.24) is 19.5 Å². The molecule has 0 aliphatic carbocycles. The highest BCUT2D eigenvalue weighted by Gasteiger charge is 2.10. The molecule has 0 fully saturated rings. The third kappa shape index (κ3) is 2.52. The van der Waals surface area contributed by atoms with Crippen LogP contribution >= 0.6 is 11.8 Å². The molecule has 2 heterocycles. The maximum absolute atomic E-state index is 4.39. The molecular weight excluding hydrogens is 234 g/mol. The predicted molar refractivity (Wildman–Crippen MR) is 72.6 cm³/mol. The minimum Gasteiger partial charge on any atom is -0.367 e. The molecule has 1 N–H and O–H groups in total. The number of fused-ring (bicyclic) bond motifs is 1. The lowest BCUT2D eigenvalue weighted by atomic mass is 10.4. The van der Waals surface area contributed by atoms with Gasteiger partial charge in [0.1, 0.15) is 11.8 Å². The highest BCUT2D eigenvalue weighted by Crippen LogP contribution is 2.20. The van der Waals surface area contributed by atoms with Gasteiger partial charge in [0, 0.05) is 18.3 Å². The summed E-state index contributed by atoms with van der Waals surface area (Å²) < 4.78 is 2.05. The van der Waals surface area contributed by atoms with Crippen molar-refractivity contribution >= 4 is 28.7 Å². The summed E-state index contributed by atoms with van der Waals surface area (Å²) in [5.41, 5.74) is 1.74. The van der Waals surface area contributed by atoms with Crippen LogP contribution in [0.3, 0.4) is 0 Å². The quantitative estimate of drug-likeness (QED) is 0.825. The molecule has 2 aromatic rings. The molecule has 2 rings (SSSR count). The first kappa shape index (κ1) is 12.2. The second-order valence-electron chi connectivity index (χ2n) is 4.06. The highest BCUT2D eigenvalue weighted by molar-refractivity contribution is 7.98. The van der Waals surface area contributed by atoms with Gasteiger partial charge in [-0.2, -0.15) is 11.8 Å². The molecular formula is C11H17N5S. The van der Waals surface area contributed by atoms with Gasteiger partial charge in [0.25, 0.3) is 0 Å². The second-order valence-corrected chi connectivity index (χ2v) is 5.05. The number of rotatable bonds is 5. The van der Waals surface area contributed by atoms with Crippen LogP contribution < -0.4 is 5.32 Å². The van der Waals surface area contributed by atoms with Crippen molar-refractivity contribution in [2.24, 2.45) is 0 Å². The fourth-order valence-corrected chi connectivity index (χ4v) is 1.94. The summed E-state index contributed by atoms with van der Waals surface area (Å²) in [5.74, 6) is 1.87. The van der Waals surface area contributed by atoms with Crippen molar-refractivity contribution in [2.75, 3.05) is 23.9 Å². The molecule has 17 heavy (non-hydrogen) atoms. The van der Waals surface area contributed by atoms with E-state index < -0.39 is 0 Å². The monoisotopic (exact) mass is 251 g/mol. The lowest BCUT2D eigenvalue weighted by molar-refractivity contribution is 0.612. The van der Waals surface area contributed by atoms with Gasteiger partial charge in [0.05, 0.1) is 6.33 Å². The molecule has 0 aromatic carbocycles. The fourth-order valence-electron chi connectivity index (χ4n) is 1.63. The van der Waals surface area contributed by atoms with Gasteiger partial charge in [0.15, 0.2) is 11.5 Å². The van der Waals surface area contributed by atoms with E-state index >= 15 is 0 Å². The van der Waals surface area contributed by atoms with E-state index in [2.05, 4.69) is 44.9 Å². The lowest BCUT2D eigenvalue weighted by Gasteiger charge is -2.08. The number of hydrogen-bond acceptors (Lipinski definition) is 5. The highest BCUT2D eigenvalue weighted by atomic mass is 32.2. The van der Waals surface area contributed by atoms with Gasteiger partial charge in [-0.05, 0) is 20.1 Å². The van der Waals surface area contributed by atoms with Gasteiger partial charge in [0.2, 0.25) is 0 Å². The Kier molecular flexibility index (Phi) is 3.83. The number of anilines is 1. The first-order valence-corrected chi connectivity index (χ1v) is 7.03. The van der Waals surface area contributed by atoms with E-state index in [1.54, 1.807) is 18.1 Å². The van der Waals surface area contributed by atoms with Crippen LogP contribution in [-0.2, 0) is 0 Å². The van der Waals surface area contributed by atoms with Crippen molar-refractivity contribution in [1.29, 1.82) is 0 Å². The van der Waals surface area contributed by atoms with Crippen molar-refractivity contribution in [3.05, 3.63) is 12.7 Å². The number of imidazole rings is 1. The summed E-state index contributed by atoms with van der Waals surface area (Å²) >= 11 is 1.80. The summed E-state index contributed by atoms with van der Waals surface area (Å²) in [4.78, 5) is 12.9. The Morgan fingerprint density at radius 1 is 1.35 bits per heavy atom. The SMILES string of the molecule is CSCCNc1ncnc2c1ncn2C(C)C. The molecule has 0 saturated carbocycles. The summed E-state index contributed by atoms with van der Waals surface area (Å²) in [6, 6.07) is 0.356. The fraction of sp³-hybridized carbons (Fsp3) is 0.545. The van der Waals surface area contributed by atoms with Crippen molar-refractivity contribution in [3.63, 3.8) is 0 Å². The maximum Gasteiger partial charge on any atom is 0.165 e. The zero-order valence-corrected chi connectivity index (χ0v) is 11.2. The molecule has 6 heteroatoms. The molecule has 5 nitrogen and oxygen atoms in total. The van der Waals surface area contributed by atoms with E-state index in [1.807, 2.05) is 6.33 Å². The molecule has 0 amide bonds. The Morgan fingerprint density at radius 3 is 2.88 bits per heavy atom. The number of thioether (sulfide) groups is 1. The van der Waals surface area contributed by atoms with E-state index in [1.165, 1.54) is 0 Å². The molecule has 2 aromatic heterocycles. The average Bonchev–Trinajstić information content (AvgIpc) is 2.74. The van der Waals surface area contributed by atoms with Crippen molar-refractivity contribution < 1.29 is 0 Å². The summed E-state index contributed by atoms with van der Waals surface area (Å²) in [7, 11) is 0. The minimum atomic E-state index is 0.356. The van der Waals surface area contributed by atoms with Gasteiger partial charge in [-0.25, -0.2) is 15.0 Å². The minimum absolute atomic E-state index is 0.356. The van der Waals surface area contributed by atoms with Gasteiger partial charge in [-0.3, -0.25) is 0 Å². The standard InChI is InChI=1S/C11H17N5S/c1-8(2)16-7-15-9-10(12-4-5-17-3)13-6-14-11(9)16/h6-8H,4-5H2,1-3H3,(H,12,13,14). The maximum atomic E-state index is 4.39. The summed E-state index contributed by atoms with van der Waals surface area (Å²) in [5, 5.41) is 3.29. The topological polar surface area (TPSA) is 55.6 Å². The number of nitrogens with zero attached hydrogens (tertiary/aromatic N) is 4. The van der Waals surface area contributed by atoms with Crippen LogP contribution in [0.15, 0.2) is 12.7 Å². The van der Waals surface area contributed by atoms with E-state index in [-0.39, 0.29) is 0 Å². The molecule has 0 radical (unpaired) electrons. The molecule has 92 valence electrons. The van der Waals surface area contributed by atoms with Crippen LogP contribution in [0.25, 0.3) is 11.2 Å². The van der Waals surface area contributed by atoms with E-state index in [4.69, 9.17) is 0 Å². The van der Waals surface area contributed by atoms with Crippen molar-refractivity contribution in [2.45, 2.75) is 19.9 Å². The molecule has 0 bridgehead atoms. The van der Waals surface area contributed by atoms with Gasteiger partial charge in [-0.15, -0.1) is 0 Å². The first-order chi connectivity index (χ1) is 8.24. The Labute approximate surface area is 105 Å². The lowest BCUT2D eigenvalue weighted by Crippen LogP contribution is -2.07. The Balaban J connectivity index is 2.31. The summed E-state index contributed by atoms with van der Waals surface area (Å²) in [6.45, 7) is 5.12. The van der Waals surface area contributed by atoms with Gasteiger partial charge < -0.3 is 9.88 Å². The molecule has 0 aliphatic rings. The molecule has 0 spiro atoms. The molecule has 0 saturated heterocycles. The Hall–Kier alpha value is -1.30. The van der Waals surface area contributed by atoms with Crippen LogP contribution in [0.5, 0.6) is 0 Å². The van der Waals surface area contributed by atoms with Crippen molar-refractivity contribution in [3.8, 4) is 0 Å². The van der Waals surface area contributed by atoms with Crippen LogP contribution in [0.1, 0.15) is 19.9 Å². The second kappa shape index (κ2) is 5.35. The van der Waals surface area contributed by atoms with E-state index in [9.17, 15) is 0 Å². The number of hydrogen-bond donors (Lipinski definition) is 1. The van der Waals surface area contributed by atoms with Crippen LogP contribution in [-0.4, -0.2) is 38.1 Å². The van der Waals surface area contributed by atoms with Crippen LogP contribution in [0.2, 0.25) is 0 Å².